The van der Waals surface area contributed by atoms with Crippen LogP contribution in [-0.4, -0.2) is 11.2 Å². The maximum absolute atomic E-state index is 10.0. The van der Waals surface area contributed by atoms with Crippen LogP contribution in [0.5, 0.6) is 0 Å². The molecule has 1 nitrogen and oxygen atoms in total. The van der Waals surface area contributed by atoms with Crippen molar-refractivity contribution in [3.63, 3.8) is 0 Å². The fourth-order valence-electron chi connectivity index (χ4n) is 2.51. The molecule has 1 heteroatoms. The largest absolute Gasteiger partial charge is 0.393 e. The summed E-state index contributed by atoms with van der Waals surface area (Å²) in [6.07, 6.45) is 5.67. The molecule has 1 atom stereocenters. The minimum Gasteiger partial charge on any atom is -0.393 e. The van der Waals surface area contributed by atoms with Gasteiger partial charge in [0.1, 0.15) is 0 Å². The Balaban J connectivity index is 1.84. The molecule has 0 bridgehead atoms. The third kappa shape index (κ3) is 3.57. The van der Waals surface area contributed by atoms with E-state index in [2.05, 4.69) is 38.1 Å². The Kier molecular flexibility index (Phi) is 4.22. The van der Waals surface area contributed by atoms with E-state index in [1.54, 1.807) is 0 Å². The van der Waals surface area contributed by atoms with Crippen LogP contribution in [0.3, 0.4) is 0 Å². The lowest BCUT2D eigenvalue weighted by Crippen LogP contribution is -2.20. The molecular formula is C16H24O. The highest BCUT2D eigenvalue weighted by Crippen LogP contribution is 2.31. The van der Waals surface area contributed by atoms with Gasteiger partial charge in [0.05, 0.1) is 6.10 Å². The van der Waals surface area contributed by atoms with Gasteiger partial charge in [-0.05, 0) is 35.8 Å². The smallest absolute Gasteiger partial charge is 0.0583 e. The number of rotatable bonds is 5. The van der Waals surface area contributed by atoms with Crippen LogP contribution in [0.15, 0.2) is 24.3 Å². The third-order valence-corrected chi connectivity index (χ3v) is 3.95. The summed E-state index contributed by atoms with van der Waals surface area (Å²) in [4.78, 5) is 0. The van der Waals surface area contributed by atoms with Crippen LogP contribution in [0, 0.1) is 5.92 Å². The van der Waals surface area contributed by atoms with E-state index in [-0.39, 0.29) is 6.10 Å². The SMILES string of the molecule is CC(C)c1ccc(CC(O)CC2CCC2)cc1. The molecule has 1 unspecified atom stereocenters. The minimum atomic E-state index is -0.148. The molecule has 1 aromatic carbocycles. The van der Waals surface area contributed by atoms with Crippen molar-refractivity contribution in [2.45, 2.75) is 58.0 Å². The third-order valence-electron chi connectivity index (χ3n) is 3.95. The van der Waals surface area contributed by atoms with E-state index in [0.29, 0.717) is 5.92 Å². The summed E-state index contributed by atoms with van der Waals surface area (Å²) in [6.45, 7) is 4.42. The van der Waals surface area contributed by atoms with E-state index in [9.17, 15) is 5.11 Å². The first kappa shape index (κ1) is 12.6. The molecule has 2 rings (SSSR count). The molecule has 0 aliphatic heterocycles. The molecule has 0 aromatic heterocycles. The lowest BCUT2D eigenvalue weighted by molar-refractivity contribution is 0.118. The Morgan fingerprint density at radius 1 is 1.18 bits per heavy atom. The van der Waals surface area contributed by atoms with E-state index >= 15 is 0 Å². The van der Waals surface area contributed by atoms with Crippen LogP contribution in [0.4, 0.5) is 0 Å². The lowest BCUT2D eigenvalue weighted by atomic mass is 9.80. The van der Waals surface area contributed by atoms with Gasteiger partial charge in [0.2, 0.25) is 0 Å². The fourth-order valence-corrected chi connectivity index (χ4v) is 2.51. The van der Waals surface area contributed by atoms with Gasteiger partial charge in [-0.25, -0.2) is 0 Å². The van der Waals surface area contributed by atoms with E-state index in [0.717, 1.165) is 18.8 Å². The van der Waals surface area contributed by atoms with Gasteiger partial charge in [0, 0.05) is 0 Å². The molecule has 0 saturated heterocycles. The van der Waals surface area contributed by atoms with Crippen LogP contribution in [0.2, 0.25) is 0 Å². The Bertz CT molecular complexity index is 335. The van der Waals surface area contributed by atoms with E-state index in [4.69, 9.17) is 0 Å². The van der Waals surface area contributed by atoms with Crippen LogP contribution in [-0.2, 0) is 6.42 Å². The molecule has 1 fully saturated rings. The van der Waals surface area contributed by atoms with Crippen molar-refractivity contribution in [1.82, 2.24) is 0 Å². The van der Waals surface area contributed by atoms with Crippen molar-refractivity contribution < 1.29 is 5.11 Å². The molecule has 1 aromatic rings. The number of aliphatic hydroxyl groups excluding tert-OH is 1. The summed E-state index contributed by atoms with van der Waals surface area (Å²) in [5.74, 6) is 1.38. The van der Waals surface area contributed by atoms with E-state index in [1.165, 1.54) is 30.4 Å². The standard InChI is InChI=1S/C16H24O/c1-12(2)15-8-6-14(7-9-15)11-16(17)10-13-4-3-5-13/h6-9,12-13,16-17H,3-5,10-11H2,1-2H3. The molecule has 1 N–H and O–H groups in total. The molecule has 17 heavy (non-hydrogen) atoms. The predicted octanol–water partition coefficient (Wildman–Crippen LogP) is 3.90. The Hall–Kier alpha value is -0.820. The van der Waals surface area contributed by atoms with Crippen molar-refractivity contribution in [3.05, 3.63) is 35.4 Å². The summed E-state index contributed by atoms with van der Waals surface area (Å²) >= 11 is 0. The zero-order valence-corrected chi connectivity index (χ0v) is 11.0. The Labute approximate surface area is 105 Å². The van der Waals surface area contributed by atoms with Crippen molar-refractivity contribution in [3.8, 4) is 0 Å². The van der Waals surface area contributed by atoms with Crippen molar-refractivity contribution in [1.29, 1.82) is 0 Å². The lowest BCUT2D eigenvalue weighted by Gasteiger charge is -2.27. The number of hydrogen-bond donors (Lipinski definition) is 1. The molecule has 0 radical (unpaired) electrons. The van der Waals surface area contributed by atoms with Crippen LogP contribution in [0.1, 0.15) is 56.6 Å². The van der Waals surface area contributed by atoms with Crippen LogP contribution >= 0.6 is 0 Å². The van der Waals surface area contributed by atoms with Gasteiger partial charge in [-0.2, -0.15) is 0 Å². The van der Waals surface area contributed by atoms with Gasteiger partial charge in [0.25, 0.3) is 0 Å². The summed E-state index contributed by atoms with van der Waals surface area (Å²) in [7, 11) is 0. The average molecular weight is 232 g/mol. The molecule has 1 saturated carbocycles. The topological polar surface area (TPSA) is 20.2 Å². The van der Waals surface area contributed by atoms with E-state index in [1.807, 2.05) is 0 Å². The molecule has 94 valence electrons. The van der Waals surface area contributed by atoms with Gasteiger partial charge < -0.3 is 5.11 Å². The molecule has 0 heterocycles. The first-order valence-electron chi connectivity index (χ1n) is 6.92. The van der Waals surface area contributed by atoms with Gasteiger partial charge in [0.15, 0.2) is 0 Å². The highest BCUT2D eigenvalue weighted by atomic mass is 16.3. The zero-order valence-electron chi connectivity index (χ0n) is 11.0. The first-order chi connectivity index (χ1) is 8.15. The minimum absolute atomic E-state index is 0.148. The monoisotopic (exact) mass is 232 g/mol. The summed E-state index contributed by atoms with van der Waals surface area (Å²) in [5.41, 5.74) is 2.64. The van der Waals surface area contributed by atoms with Gasteiger partial charge >= 0.3 is 0 Å². The molecule has 0 amide bonds. The highest BCUT2D eigenvalue weighted by molar-refractivity contribution is 5.25. The average Bonchev–Trinajstić information content (AvgIpc) is 2.24. The Morgan fingerprint density at radius 3 is 2.29 bits per heavy atom. The molecule has 1 aliphatic carbocycles. The first-order valence-corrected chi connectivity index (χ1v) is 6.92. The van der Waals surface area contributed by atoms with Gasteiger partial charge in [-0.1, -0.05) is 57.4 Å². The van der Waals surface area contributed by atoms with Crippen molar-refractivity contribution in [2.24, 2.45) is 5.92 Å². The van der Waals surface area contributed by atoms with Crippen molar-refractivity contribution in [2.75, 3.05) is 0 Å². The highest BCUT2D eigenvalue weighted by Gasteiger charge is 2.20. The van der Waals surface area contributed by atoms with Gasteiger partial charge in [-0.3, -0.25) is 0 Å². The summed E-state index contributed by atoms with van der Waals surface area (Å²) in [5, 5.41) is 10.0. The fraction of sp³-hybridized carbons (Fsp3) is 0.625. The number of benzene rings is 1. The number of hydrogen-bond acceptors (Lipinski definition) is 1. The quantitative estimate of drug-likeness (QED) is 0.816. The maximum atomic E-state index is 10.0. The molecule has 1 aliphatic rings. The second-order valence-corrected chi connectivity index (χ2v) is 5.79. The van der Waals surface area contributed by atoms with Crippen molar-refractivity contribution >= 4 is 0 Å². The maximum Gasteiger partial charge on any atom is 0.0583 e. The second kappa shape index (κ2) is 5.68. The molecular weight excluding hydrogens is 208 g/mol. The predicted molar refractivity (Wildman–Crippen MR) is 72.2 cm³/mol. The van der Waals surface area contributed by atoms with Crippen LogP contribution < -0.4 is 0 Å². The number of aliphatic hydroxyl groups is 1. The van der Waals surface area contributed by atoms with Gasteiger partial charge in [-0.15, -0.1) is 0 Å². The Morgan fingerprint density at radius 2 is 1.82 bits per heavy atom. The summed E-state index contributed by atoms with van der Waals surface area (Å²) < 4.78 is 0. The normalized spacial score (nSPS) is 18.1. The molecule has 0 spiro atoms. The second-order valence-electron chi connectivity index (χ2n) is 5.79. The van der Waals surface area contributed by atoms with E-state index < -0.39 is 0 Å². The summed E-state index contributed by atoms with van der Waals surface area (Å²) in [6, 6.07) is 8.71. The zero-order chi connectivity index (χ0) is 12.3. The van der Waals surface area contributed by atoms with Crippen LogP contribution in [0.25, 0.3) is 0 Å².